The average Bonchev–Trinajstić information content (AvgIpc) is 2.68. The number of fused-ring (bicyclic) bond motifs is 1. The third kappa shape index (κ3) is 1.93. The predicted molar refractivity (Wildman–Crippen MR) is 70.9 cm³/mol. The highest BCUT2D eigenvalue weighted by molar-refractivity contribution is 8.60. The van der Waals surface area contributed by atoms with Crippen molar-refractivity contribution in [1.82, 2.24) is 19.7 Å². The van der Waals surface area contributed by atoms with E-state index in [9.17, 15) is 9.59 Å². The molecule has 86 valence electrons. The van der Waals surface area contributed by atoms with Crippen LogP contribution in [0, 0.1) is 0 Å². The number of carbonyl (C=O) groups excluding carboxylic acids is 2. The minimum atomic E-state index is -0.619. The number of hydrogen-bond acceptors (Lipinski definition) is 4. The van der Waals surface area contributed by atoms with Gasteiger partial charge in [-0.15, -0.1) is 14.0 Å². The van der Waals surface area contributed by atoms with Gasteiger partial charge >= 0.3 is 0 Å². The molecule has 1 aliphatic rings. The predicted octanol–water partition coefficient (Wildman–Crippen LogP) is 0.851. The van der Waals surface area contributed by atoms with Crippen molar-refractivity contribution in [3.8, 4) is 0 Å². The molecule has 0 fully saturated rings. The summed E-state index contributed by atoms with van der Waals surface area (Å²) in [5, 5.41) is 7.86. The summed E-state index contributed by atoms with van der Waals surface area (Å²) < 4.78 is 1.63. The number of rotatable bonds is 2. The van der Waals surface area contributed by atoms with E-state index in [2.05, 4.69) is 28.2 Å². The second-order valence-corrected chi connectivity index (χ2v) is 12.0. The molecule has 4 unspecified atom stereocenters. The van der Waals surface area contributed by atoms with Gasteiger partial charge in [0.05, 0.1) is 13.9 Å². The van der Waals surface area contributed by atoms with Crippen molar-refractivity contribution in [3.05, 3.63) is 11.4 Å². The van der Waals surface area contributed by atoms with Crippen molar-refractivity contribution in [2.75, 3.05) is 7.05 Å². The number of likely N-dealkylation sites (N-methyl/N-ethyl adjacent to an activating group) is 1. The molecule has 0 aliphatic carbocycles. The van der Waals surface area contributed by atoms with Crippen LogP contribution >= 0.6 is 33.3 Å². The SMILES string of the molecule is CN1C(=O)Cc2nnn(P(P)PP)c2C1=O. The van der Waals surface area contributed by atoms with Gasteiger partial charge in [-0.25, -0.2) is 4.45 Å². The van der Waals surface area contributed by atoms with Gasteiger partial charge in [-0.3, -0.25) is 14.5 Å². The third-order valence-electron chi connectivity index (χ3n) is 2.26. The Morgan fingerprint density at radius 3 is 2.81 bits per heavy atom. The van der Waals surface area contributed by atoms with E-state index in [0.29, 0.717) is 19.3 Å². The van der Waals surface area contributed by atoms with Gasteiger partial charge in [-0.2, -0.15) is 0 Å². The summed E-state index contributed by atoms with van der Waals surface area (Å²) in [6.45, 7) is 0. The highest BCUT2D eigenvalue weighted by Crippen LogP contribution is 2.66. The summed E-state index contributed by atoms with van der Waals surface area (Å²) in [5.74, 6) is -0.541. The molecule has 10 heteroatoms. The molecule has 0 N–H and O–H groups in total. The topological polar surface area (TPSA) is 68.1 Å². The van der Waals surface area contributed by atoms with Gasteiger partial charge in [0.2, 0.25) is 5.91 Å². The Morgan fingerprint density at radius 2 is 2.19 bits per heavy atom. The molecule has 1 aliphatic heterocycles. The lowest BCUT2D eigenvalue weighted by Crippen LogP contribution is -2.39. The Balaban J connectivity index is 2.49. The van der Waals surface area contributed by atoms with E-state index in [1.807, 2.05) is 0 Å². The molecule has 0 radical (unpaired) electrons. The van der Waals surface area contributed by atoms with Gasteiger partial charge in [0, 0.05) is 7.05 Å². The zero-order valence-electron chi connectivity index (χ0n) is 8.41. The van der Waals surface area contributed by atoms with Gasteiger partial charge in [0.1, 0.15) is 5.69 Å². The van der Waals surface area contributed by atoms with Crippen LogP contribution in [-0.4, -0.2) is 38.5 Å². The van der Waals surface area contributed by atoms with Crippen LogP contribution in [0.5, 0.6) is 0 Å². The molecule has 6 nitrogen and oxygen atoms in total. The zero-order valence-corrected chi connectivity index (χ0v) is 12.6. The quantitative estimate of drug-likeness (QED) is 0.599. The number of hydrogen-bond donors (Lipinski definition) is 0. The molecule has 2 rings (SSSR count). The maximum atomic E-state index is 11.9. The summed E-state index contributed by atoms with van der Waals surface area (Å²) >= 11 is 0. The second-order valence-electron chi connectivity index (χ2n) is 3.18. The molecule has 0 saturated carbocycles. The number of aromatic nitrogens is 3. The van der Waals surface area contributed by atoms with Crippen molar-refractivity contribution in [3.63, 3.8) is 0 Å². The van der Waals surface area contributed by atoms with E-state index >= 15 is 0 Å². The van der Waals surface area contributed by atoms with Crippen LogP contribution < -0.4 is 0 Å². The largest absolute Gasteiger partial charge is 0.280 e. The molecule has 0 spiro atoms. The van der Waals surface area contributed by atoms with Gasteiger partial charge in [-0.05, 0) is 7.96 Å². The fourth-order valence-electron chi connectivity index (χ4n) is 1.37. The molecule has 16 heavy (non-hydrogen) atoms. The number of amides is 2. The van der Waals surface area contributed by atoms with Crippen LogP contribution in [0.1, 0.15) is 16.2 Å². The average molecular weight is 294 g/mol. The van der Waals surface area contributed by atoms with Crippen LogP contribution in [0.3, 0.4) is 0 Å². The Hall–Kier alpha value is -0.000000000000000111. The first kappa shape index (κ1) is 12.5. The molecular formula is C6H10N4O2P4. The molecule has 1 aromatic heterocycles. The van der Waals surface area contributed by atoms with E-state index < -0.39 is 7.45 Å². The van der Waals surface area contributed by atoms with Gasteiger partial charge in [-0.1, -0.05) is 14.1 Å². The minimum Gasteiger partial charge on any atom is -0.280 e. The van der Waals surface area contributed by atoms with Gasteiger partial charge in [0.15, 0.2) is 5.69 Å². The summed E-state index contributed by atoms with van der Waals surface area (Å²) in [5.41, 5.74) is 0.949. The number of imide groups is 1. The molecule has 4 atom stereocenters. The van der Waals surface area contributed by atoms with E-state index in [1.54, 1.807) is 4.45 Å². The first-order chi connectivity index (χ1) is 7.56. The van der Waals surface area contributed by atoms with Crippen LogP contribution in [0.25, 0.3) is 0 Å². The normalized spacial score (nSPS) is 18.3. The highest BCUT2D eigenvalue weighted by Gasteiger charge is 2.34. The smallest absolute Gasteiger partial charge is 0.280 e. The standard InChI is InChI=1S/C6H10N4O2P4/c1-9-4(11)2-3-5(6(9)12)10(8-7-3)16(14)15-13/h15H,2,13-14H2,1H3. The lowest BCUT2D eigenvalue weighted by molar-refractivity contribution is -0.127. The second kappa shape index (κ2) is 4.70. The van der Waals surface area contributed by atoms with E-state index in [4.69, 9.17) is 0 Å². The monoisotopic (exact) mass is 294 g/mol. The van der Waals surface area contributed by atoms with Crippen LogP contribution in [-0.2, 0) is 11.2 Å². The highest BCUT2D eigenvalue weighted by atomic mass is 32.6. The third-order valence-corrected chi connectivity index (χ3v) is 11.6. The Morgan fingerprint density at radius 1 is 1.50 bits per heavy atom. The number of carbonyl (C=O) groups is 2. The first-order valence-electron chi connectivity index (χ1n) is 4.33. The fraction of sp³-hybridized carbons (Fsp3) is 0.333. The Kier molecular flexibility index (Phi) is 3.66. The lowest BCUT2D eigenvalue weighted by Gasteiger charge is -2.21. The molecule has 0 saturated heterocycles. The molecule has 0 aromatic carbocycles. The fourth-order valence-corrected chi connectivity index (χ4v) is 4.24. The Labute approximate surface area is 99.6 Å². The molecule has 2 amide bonds. The summed E-state index contributed by atoms with van der Waals surface area (Å²) in [6.07, 6.45) is 0.158. The minimum absolute atomic E-state index is 0.158. The van der Waals surface area contributed by atoms with Crippen LogP contribution in [0.2, 0.25) is 0 Å². The van der Waals surface area contributed by atoms with E-state index in [1.165, 1.54) is 7.05 Å². The summed E-state index contributed by atoms with van der Waals surface area (Å²) in [7, 11) is 6.74. The maximum absolute atomic E-state index is 11.9. The van der Waals surface area contributed by atoms with E-state index in [0.717, 1.165) is 4.90 Å². The molecule has 1 aromatic rings. The van der Waals surface area contributed by atoms with Crippen molar-refractivity contribution >= 4 is 45.1 Å². The number of nitrogens with zero attached hydrogens (tertiary/aromatic N) is 4. The molecular weight excluding hydrogens is 284 g/mol. The van der Waals surface area contributed by atoms with Crippen molar-refractivity contribution < 1.29 is 9.59 Å². The van der Waals surface area contributed by atoms with Crippen molar-refractivity contribution in [2.45, 2.75) is 6.42 Å². The lowest BCUT2D eigenvalue weighted by atomic mass is 10.1. The van der Waals surface area contributed by atoms with Gasteiger partial charge < -0.3 is 0 Å². The van der Waals surface area contributed by atoms with Gasteiger partial charge in [0.25, 0.3) is 5.91 Å². The Bertz CT molecular complexity index is 461. The van der Waals surface area contributed by atoms with Crippen molar-refractivity contribution in [2.24, 2.45) is 0 Å². The summed E-state index contributed by atoms with van der Waals surface area (Å²) in [6, 6.07) is 0. The zero-order chi connectivity index (χ0) is 11.9. The van der Waals surface area contributed by atoms with Crippen LogP contribution in [0.4, 0.5) is 0 Å². The van der Waals surface area contributed by atoms with E-state index in [-0.39, 0.29) is 18.2 Å². The molecule has 0 bridgehead atoms. The molecule has 2 heterocycles. The first-order valence-corrected chi connectivity index (χ1v) is 10.9. The maximum Gasteiger partial charge on any atom is 0.280 e. The van der Waals surface area contributed by atoms with Crippen LogP contribution in [0.15, 0.2) is 0 Å². The van der Waals surface area contributed by atoms with Crippen molar-refractivity contribution in [1.29, 1.82) is 0 Å². The summed E-state index contributed by atoms with van der Waals surface area (Å²) in [4.78, 5) is 24.5.